The van der Waals surface area contributed by atoms with Crippen molar-refractivity contribution in [2.45, 2.75) is 38.9 Å². The number of hydrogen-bond acceptors (Lipinski definition) is 4. The first-order valence-electron chi connectivity index (χ1n) is 6.70. The Hall–Kier alpha value is -1.50. The highest BCUT2D eigenvalue weighted by Gasteiger charge is 2.19. The Morgan fingerprint density at radius 1 is 1.45 bits per heavy atom. The Morgan fingerprint density at radius 3 is 2.70 bits per heavy atom. The molecule has 0 aliphatic carbocycles. The lowest BCUT2D eigenvalue weighted by Gasteiger charge is -2.11. The van der Waals surface area contributed by atoms with E-state index < -0.39 is 5.97 Å². The summed E-state index contributed by atoms with van der Waals surface area (Å²) in [6.07, 6.45) is 0.819. The third-order valence-electron chi connectivity index (χ3n) is 2.96. The van der Waals surface area contributed by atoms with E-state index in [1.807, 2.05) is 18.7 Å². The second kappa shape index (κ2) is 5.87. The van der Waals surface area contributed by atoms with Crippen molar-refractivity contribution in [2.24, 2.45) is 13.0 Å². The zero-order chi connectivity index (χ0) is 14.9. The highest BCUT2D eigenvalue weighted by Crippen LogP contribution is 2.27. The fourth-order valence-electron chi connectivity index (χ4n) is 2.23. The van der Waals surface area contributed by atoms with Crippen molar-refractivity contribution in [1.82, 2.24) is 19.3 Å². The van der Waals surface area contributed by atoms with Gasteiger partial charge in [-0.2, -0.15) is 5.10 Å². The topological polar surface area (TPSA) is 72.9 Å². The first-order valence-corrected chi connectivity index (χ1v) is 7.69. The van der Waals surface area contributed by atoms with E-state index in [1.54, 1.807) is 0 Å². The lowest BCUT2D eigenvalue weighted by atomic mass is 10.2. The van der Waals surface area contributed by atoms with Crippen LogP contribution in [0.2, 0.25) is 0 Å². The molecule has 0 aromatic carbocycles. The molecule has 7 heteroatoms. The minimum Gasteiger partial charge on any atom is -0.481 e. The Bertz CT molecular complexity index is 630. The average molecular weight is 296 g/mol. The molecule has 0 aliphatic heterocycles. The lowest BCUT2D eigenvalue weighted by molar-refractivity contribution is -0.133. The van der Waals surface area contributed by atoms with Gasteiger partial charge in [0.15, 0.2) is 10.8 Å². The molecule has 2 heterocycles. The van der Waals surface area contributed by atoms with Crippen LogP contribution in [-0.2, 0) is 24.8 Å². The normalized spacial score (nSPS) is 11.7. The Morgan fingerprint density at radius 2 is 2.15 bits per heavy atom. The van der Waals surface area contributed by atoms with Crippen LogP contribution < -0.4 is 0 Å². The third kappa shape index (κ3) is 2.82. The fraction of sp³-hybridized carbons (Fsp3) is 0.615. The molecule has 110 valence electrons. The van der Waals surface area contributed by atoms with Crippen LogP contribution in [0.4, 0.5) is 0 Å². The van der Waals surface area contributed by atoms with E-state index in [0.717, 1.165) is 35.0 Å². The summed E-state index contributed by atoms with van der Waals surface area (Å²) in [5, 5.41) is 14.1. The molecule has 2 rings (SSSR count). The second-order valence-electron chi connectivity index (χ2n) is 5.18. The molecule has 0 saturated carbocycles. The Kier molecular flexibility index (Phi) is 4.37. The summed E-state index contributed by atoms with van der Waals surface area (Å²) < 4.78 is 3.92. The van der Waals surface area contributed by atoms with Crippen molar-refractivity contribution in [2.75, 3.05) is 5.75 Å². The zero-order valence-corrected chi connectivity index (χ0v) is 13.1. The molecule has 2 aromatic rings. The van der Waals surface area contributed by atoms with E-state index in [0.29, 0.717) is 5.92 Å². The predicted molar refractivity (Wildman–Crippen MR) is 79.1 cm³/mol. The van der Waals surface area contributed by atoms with Crippen LogP contribution in [-0.4, -0.2) is 36.2 Å². The van der Waals surface area contributed by atoms with Crippen molar-refractivity contribution >= 4 is 28.9 Å². The van der Waals surface area contributed by atoms with Crippen molar-refractivity contribution in [3.8, 4) is 0 Å². The van der Waals surface area contributed by atoms with Crippen LogP contribution in [0.3, 0.4) is 0 Å². The first kappa shape index (κ1) is 14.9. The molecule has 0 saturated heterocycles. The van der Waals surface area contributed by atoms with Gasteiger partial charge in [-0.1, -0.05) is 32.5 Å². The molecule has 20 heavy (non-hydrogen) atoms. The molecule has 6 nitrogen and oxygen atoms in total. The minimum absolute atomic E-state index is 0.0241. The quantitative estimate of drug-likeness (QED) is 0.827. The van der Waals surface area contributed by atoms with Gasteiger partial charge < -0.3 is 9.67 Å². The summed E-state index contributed by atoms with van der Waals surface area (Å²) in [6.45, 7) is 7.12. The van der Waals surface area contributed by atoms with Gasteiger partial charge in [-0.25, -0.2) is 4.98 Å². The number of nitrogens with zero attached hydrogens (tertiary/aromatic N) is 4. The van der Waals surface area contributed by atoms with Gasteiger partial charge in [-0.15, -0.1) is 0 Å². The van der Waals surface area contributed by atoms with E-state index in [9.17, 15) is 4.79 Å². The predicted octanol–water partition coefficient (Wildman–Crippen LogP) is 2.16. The molecule has 0 spiro atoms. The SMILES string of the molecule is CCc1nn(C)c2c1nc(SCC(=O)O)n2CC(C)C. The number of imidazole rings is 1. The molecule has 1 N–H and O–H groups in total. The van der Waals surface area contributed by atoms with Gasteiger partial charge in [0, 0.05) is 13.6 Å². The van der Waals surface area contributed by atoms with Crippen molar-refractivity contribution < 1.29 is 9.90 Å². The maximum absolute atomic E-state index is 10.8. The second-order valence-corrected chi connectivity index (χ2v) is 6.12. The first-order chi connectivity index (χ1) is 9.43. The number of fused-ring (bicyclic) bond motifs is 1. The van der Waals surface area contributed by atoms with Crippen LogP contribution in [0.1, 0.15) is 26.5 Å². The number of hydrogen-bond donors (Lipinski definition) is 1. The summed E-state index contributed by atoms with van der Waals surface area (Å²) in [4.78, 5) is 15.4. The Balaban J connectivity index is 2.51. The standard InChI is InChI=1S/C13H20N4O2S/c1-5-9-11-12(16(4)15-9)17(6-8(2)3)13(14-11)20-7-10(18)19/h8H,5-7H2,1-4H3,(H,18,19). The van der Waals surface area contributed by atoms with Crippen LogP contribution in [0.5, 0.6) is 0 Å². The summed E-state index contributed by atoms with van der Waals surface area (Å²) >= 11 is 1.27. The number of aryl methyl sites for hydroxylation is 2. The Labute approximate surface area is 122 Å². The number of rotatable bonds is 6. The van der Waals surface area contributed by atoms with Crippen LogP contribution in [0.25, 0.3) is 11.2 Å². The van der Waals surface area contributed by atoms with Crippen LogP contribution in [0.15, 0.2) is 5.16 Å². The summed E-state index contributed by atoms with van der Waals surface area (Å²) in [5.74, 6) is -0.348. The van der Waals surface area contributed by atoms with Crippen molar-refractivity contribution in [3.63, 3.8) is 0 Å². The van der Waals surface area contributed by atoms with Gasteiger partial charge >= 0.3 is 5.97 Å². The van der Waals surface area contributed by atoms with E-state index in [1.165, 1.54) is 11.8 Å². The maximum Gasteiger partial charge on any atom is 0.313 e. The van der Waals surface area contributed by atoms with Gasteiger partial charge in [0.25, 0.3) is 0 Å². The fourth-order valence-corrected chi connectivity index (χ4v) is 2.95. The molecule has 2 aromatic heterocycles. The molecular formula is C13H20N4O2S. The third-order valence-corrected chi connectivity index (χ3v) is 3.92. The number of thioether (sulfide) groups is 1. The van der Waals surface area contributed by atoms with E-state index in [4.69, 9.17) is 5.11 Å². The number of aromatic nitrogens is 4. The number of aliphatic carboxylic acids is 1. The average Bonchev–Trinajstić information content (AvgIpc) is 2.85. The maximum atomic E-state index is 10.8. The van der Waals surface area contributed by atoms with Crippen LogP contribution >= 0.6 is 11.8 Å². The van der Waals surface area contributed by atoms with Crippen molar-refractivity contribution in [3.05, 3.63) is 5.69 Å². The van der Waals surface area contributed by atoms with Crippen LogP contribution in [0, 0.1) is 5.92 Å². The lowest BCUT2D eigenvalue weighted by Crippen LogP contribution is -2.10. The van der Waals surface area contributed by atoms with E-state index in [-0.39, 0.29) is 5.75 Å². The van der Waals surface area contributed by atoms with Gasteiger partial charge in [-0.05, 0) is 12.3 Å². The summed E-state index contributed by atoms with van der Waals surface area (Å²) in [5.41, 5.74) is 2.83. The number of carbonyl (C=O) groups is 1. The molecule has 0 fully saturated rings. The molecule has 0 amide bonds. The van der Waals surface area contributed by atoms with Gasteiger partial charge in [0.05, 0.1) is 11.4 Å². The molecular weight excluding hydrogens is 276 g/mol. The van der Waals surface area contributed by atoms with Gasteiger partial charge in [0.1, 0.15) is 5.52 Å². The number of carboxylic acid groups (broad SMARTS) is 1. The zero-order valence-electron chi connectivity index (χ0n) is 12.3. The molecule has 0 aliphatic rings. The van der Waals surface area contributed by atoms with E-state index >= 15 is 0 Å². The molecule has 0 unspecified atom stereocenters. The van der Waals surface area contributed by atoms with Crippen molar-refractivity contribution in [1.29, 1.82) is 0 Å². The number of carboxylic acids is 1. The minimum atomic E-state index is -0.827. The highest BCUT2D eigenvalue weighted by atomic mass is 32.2. The molecule has 0 radical (unpaired) electrons. The molecule has 0 atom stereocenters. The van der Waals surface area contributed by atoms with Gasteiger partial charge in [0.2, 0.25) is 0 Å². The largest absolute Gasteiger partial charge is 0.481 e. The summed E-state index contributed by atoms with van der Waals surface area (Å²) in [6, 6.07) is 0. The highest BCUT2D eigenvalue weighted by molar-refractivity contribution is 7.99. The monoisotopic (exact) mass is 296 g/mol. The molecule has 0 bridgehead atoms. The smallest absolute Gasteiger partial charge is 0.313 e. The summed E-state index contributed by atoms with van der Waals surface area (Å²) in [7, 11) is 1.91. The van der Waals surface area contributed by atoms with E-state index in [2.05, 4.69) is 28.5 Å². The van der Waals surface area contributed by atoms with Gasteiger partial charge in [-0.3, -0.25) is 9.48 Å².